The average molecular weight is 272 g/mol. The number of fused-ring (bicyclic) bond motifs is 3. The van der Waals surface area contributed by atoms with Crippen LogP contribution in [0.4, 0.5) is 11.7 Å². The molecule has 0 radical (unpaired) electrons. The summed E-state index contributed by atoms with van der Waals surface area (Å²) in [6.45, 7) is 2.01. The zero-order valence-electron chi connectivity index (χ0n) is 11.7. The molecule has 20 heavy (non-hydrogen) atoms. The van der Waals surface area contributed by atoms with Crippen molar-refractivity contribution in [3.63, 3.8) is 0 Å². The molecule has 2 aliphatic rings. The van der Waals surface area contributed by atoms with Gasteiger partial charge >= 0.3 is 0 Å². The molecule has 3 heterocycles. The van der Waals surface area contributed by atoms with Crippen molar-refractivity contribution in [3.05, 3.63) is 18.2 Å². The first-order valence-electron chi connectivity index (χ1n) is 7.34. The lowest BCUT2D eigenvalue weighted by atomic mass is 10.1. The summed E-state index contributed by atoms with van der Waals surface area (Å²) in [7, 11) is 2.25. The van der Waals surface area contributed by atoms with Gasteiger partial charge in [-0.2, -0.15) is 4.98 Å². The second-order valence-corrected chi connectivity index (χ2v) is 5.98. The van der Waals surface area contributed by atoms with E-state index in [-0.39, 0.29) is 0 Å². The van der Waals surface area contributed by atoms with Crippen LogP contribution in [-0.2, 0) is 0 Å². The van der Waals surface area contributed by atoms with E-state index >= 15 is 0 Å². The highest BCUT2D eigenvalue weighted by Crippen LogP contribution is 2.32. The molecule has 5 heteroatoms. The number of likely N-dealkylation sites (N-methyl/N-ethyl adjacent to an activating group) is 1. The molecule has 1 aromatic heterocycles. The van der Waals surface area contributed by atoms with Crippen molar-refractivity contribution in [1.82, 2.24) is 9.88 Å². The third-order valence-corrected chi connectivity index (χ3v) is 4.86. The van der Waals surface area contributed by atoms with Crippen molar-refractivity contribution < 1.29 is 4.42 Å². The van der Waals surface area contributed by atoms with Gasteiger partial charge < -0.3 is 15.1 Å². The molecule has 0 spiro atoms. The lowest BCUT2D eigenvalue weighted by molar-refractivity contribution is 0.254. The number of nitrogens with zero attached hydrogens (tertiary/aromatic N) is 3. The molecule has 2 aliphatic heterocycles. The van der Waals surface area contributed by atoms with E-state index in [1.54, 1.807) is 0 Å². The lowest BCUT2D eigenvalue weighted by Crippen LogP contribution is -2.36. The highest BCUT2D eigenvalue weighted by atomic mass is 16.4. The summed E-state index contributed by atoms with van der Waals surface area (Å²) in [4.78, 5) is 9.40. The van der Waals surface area contributed by atoms with Gasteiger partial charge in [-0.1, -0.05) is 6.07 Å². The highest BCUT2D eigenvalue weighted by molar-refractivity contribution is 5.86. The Morgan fingerprint density at radius 3 is 2.95 bits per heavy atom. The molecule has 1 aromatic carbocycles. The standard InChI is InChI=1S/C15H20N4O/c1-18-10-5-6-11(18)9-19(8-7-10)15-17-14-12(16)3-2-4-13(14)20-15/h2-4,10-11H,5-9,16H2,1H3. The Kier molecular flexibility index (Phi) is 2.63. The average Bonchev–Trinajstić information content (AvgIpc) is 2.93. The molecule has 0 aliphatic carbocycles. The summed E-state index contributed by atoms with van der Waals surface area (Å²) in [5.41, 5.74) is 8.21. The van der Waals surface area contributed by atoms with Crippen molar-refractivity contribution in [3.8, 4) is 0 Å². The van der Waals surface area contributed by atoms with E-state index in [0.717, 1.165) is 36.2 Å². The Balaban J connectivity index is 1.67. The molecule has 2 N–H and O–H groups in total. The number of hydrogen-bond acceptors (Lipinski definition) is 5. The fraction of sp³-hybridized carbons (Fsp3) is 0.533. The summed E-state index contributed by atoms with van der Waals surface area (Å²) < 4.78 is 5.90. The third kappa shape index (κ3) is 1.77. The molecule has 2 unspecified atom stereocenters. The van der Waals surface area contributed by atoms with Crippen molar-refractivity contribution in [2.45, 2.75) is 31.3 Å². The molecule has 2 saturated heterocycles. The van der Waals surface area contributed by atoms with Crippen molar-refractivity contribution in [2.75, 3.05) is 30.8 Å². The molecular weight excluding hydrogens is 252 g/mol. The van der Waals surface area contributed by atoms with Gasteiger partial charge in [-0.25, -0.2) is 0 Å². The van der Waals surface area contributed by atoms with Gasteiger partial charge in [0.15, 0.2) is 5.58 Å². The van der Waals surface area contributed by atoms with Crippen LogP contribution >= 0.6 is 0 Å². The van der Waals surface area contributed by atoms with Crippen LogP contribution in [0.2, 0.25) is 0 Å². The van der Waals surface area contributed by atoms with Gasteiger partial charge in [-0.15, -0.1) is 0 Å². The van der Waals surface area contributed by atoms with Gasteiger partial charge in [0.2, 0.25) is 0 Å². The maximum atomic E-state index is 5.96. The minimum Gasteiger partial charge on any atom is -0.423 e. The van der Waals surface area contributed by atoms with Gasteiger partial charge in [-0.3, -0.25) is 4.90 Å². The number of rotatable bonds is 1. The second-order valence-electron chi connectivity index (χ2n) is 5.98. The van der Waals surface area contributed by atoms with Gasteiger partial charge in [-0.05, 0) is 38.4 Å². The third-order valence-electron chi connectivity index (χ3n) is 4.86. The van der Waals surface area contributed by atoms with Crippen LogP contribution in [0.25, 0.3) is 11.1 Å². The van der Waals surface area contributed by atoms with Crippen LogP contribution in [0.1, 0.15) is 19.3 Å². The predicted octanol–water partition coefficient (Wildman–Crippen LogP) is 2.08. The Morgan fingerprint density at radius 2 is 2.10 bits per heavy atom. The number of para-hydroxylation sites is 1. The second kappa shape index (κ2) is 4.38. The molecule has 5 nitrogen and oxygen atoms in total. The van der Waals surface area contributed by atoms with Crippen LogP contribution in [0.15, 0.2) is 22.6 Å². The minimum absolute atomic E-state index is 0.620. The molecule has 4 rings (SSSR count). The van der Waals surface area contributed by atoms with E-state index in [9.17, 15) is 0 Å². The van der Waals surface area contributed by atoms with Crippen molar-refractivity contribution in [1.29, 1.82) is 0 Å². The first-order valence-corrected chi connectivity index (χ1v) is 7.34. The Bertz CT molecular complexity index is 638. The van der Waals surface area contributed by atoms with Crippen LogP contribution < -0.4 is 10.6 Å². The van der Waals surface area contributed by atoms with Crippen LogP contribution in [0, 0.1) is 0 Å². The maximum absolute atomic E-state index is 5.96. The van der Waals surface area contributed by atoms with E-state index in [1.165, 1.54) is 19.3 Å². The minimum atomic E-state index is 0.620. The van der Waals surface area contributed by atoms with Gasteiger partial charge in [0.05, 0.1) is 5.69 Å². The molecular formula is C15H20N4O. The van der Waals surface area contributed by atoms with E-state index in [1.807, 2.05) is 18.2 Å². The summed E-state index contributed by atoms with van der Waals surface area (Å²) in [5, 5.41) is 0. The first kappa shape index (κ1) is 12.0. The Hall–Kier alpha value is -1.75. The fourth-order valence-corrected chi connectivity index (χ4v) is 3.58. The monoisotopic (exact) mass is 272 g/mol. The van der Waals surface area contributed by atoms with E-state index in [0.29, 0.717) is 11.7 Å². The van der Waals surface area contributed by atoms with Crippen LogP contribution in [0.3, 0.4) is 0 Å². The molecule has 106 valence electrons. The molecule has 0 amide bonds. The number of oxazole rings is 1. The van der Waals surface area contributed by atoms with Gasteiger partial charge in [0.25, 0.3) is 6.01 Å². The molecule has 0 saturated carbocycles. The normalized spacial score (nSPS) is 27.1. The fourth-order valence-electron chi connectivity index (χ4n) is 3.58. The van der Waals surface area contributed by atoms with Gasteiger partial charge in [0, 0.05) is 25.2 Å². The lowest BCUT2D eigenvalue weighted by Gasteiger charge is -2.24. The number of anilines is 2. The van der Waals surface area contributed by atoms with Gasteiger partial charge in [0.1, 0.15) is 5.52 Å². The number of hydrogen-bond donors (Lipinski definition) is 1. The number of benzene rings is 1. The largest absolute Gasteiger partial charge is 0.423 e. The summed E-state index contributed by atoms with van der Waals surface area (Å²) in [6.07, 6.45) is 3.79. The van der Waals surface area contributed by atoms with E-state index in [4.69, 9.17) is 10.2 Å². The topological polar surface area (TPSA) is 58.5 Å². The van der Waals surface area contributed by atoms with E-state index in [2.05, 4.69) is 21.8 Å². The quantitative estimate of drug-likeness (QED) is 0.805. The van der Waals surface area contributed by atoms with Crippen molar-refractivity contribution in [2.24, 2.45) is 0 Å². The smallest absolute Gasteiger partial charge is 0.298 e. The number of aromatic nitrogens is 1. The Labute approximate surface area is 118 Å². The summed E-state index contributed by atoms with van der Waals surface area (Å²) in [6, 6.07) is 7.77. The zero-order chi connectivity index (χ0) is 13.7. The SMILES string of the molecule is CN1C2CCC1CN(c1nc3c(N)cccc3o1)CC2. The predicted molar refractivity (Wildman–Crippen MR) is 79.8 cm³/mol. The molecule has 2 fully saturated rings. The molecule has 2 aromatic rings. The molecule has 2 atom stereocenters. The van der Waals surface area contributed by atoms with E-state index < -0.39 is 0 Å². The van der Waals surface area contributed by atoms with Crippen molar-refractivity contribution >= 4 is 22.8 Å². The maximum Gasteiger partial charge on any atom is 0.298 e. The van der Waals surface area contributed by atoms with Crippen LogP contribution in [0.5, 0.6) is 0 Å². The number of nitrogen functional groups attached to an aromatic ring is 1. The van der Waals surface area contributed by atoms with Crippen LogP contribution in [-0.4, -0.2) is 42.1 Å². The highest BCUT2D eigenvalue weighted by Gasteiger charge is 2.35. The zero-order valence-corrected chi connectivity index (χ0v) is 11.7. The summed E-state index contributed by atoms with van der Waals surface area (Å²) in [5.74, 6) is 0. The first-order chi connectivity index (χ1) is 9.72. The summed E-state index contributed by atoms with van der Waals surface area (Å²) >= 11 is 0. The molecule has 2 bridgehead atoms. The number of nitrogens with two attached hydrogens (primary N) is 1. The Morgan fingerprint density at radius 1 is 1.25 bits per heavy atom.